The fourth-order valence-corrected chi connectivity index (χ4v) is 3.21. The molecule has 0 aromatic heterocycles. The third kappa shape index (κ3) is 11.5. The van der Waals surface area contributed by atoms with Crippen molar-refractivity contribution in [2.75, 3.05) is 13.1 Å². The van der Waals surface area contributed by atoms with Crippen LogP contribution >= 0.6 is 0 Å². The average Bonchev–Trinajstić information content (AvgIpc) is 2.79. The Morgan fingerprint density at radius 1 is 0.882 bits per heavy atom. The van der Waals surface area contributed by atoms with Gasteiger partial charge in [-0.25, -0.2) is 9.59 Å². The summed E-state index contributed by atoms with van der Waals surface area (Å²) in [6.45, 7) is 0.678. The molecule has 34 heavy (non-hydrogen) atoms. The molecule has 0 heterocycles. The lowest BCUT2D eigenvalue weighted by Gasteiger charge is -2.23. The molecule has 1 aromatic carbocycles. The number of carboxylic acid groups (broad SMARTS) is 1. The van der Waals surface area contributed by atoms with Crippen LogP contribution in [0, 0.1) is 0 Å². The van der Waals surface area contributed by atoms with Gasteiger partial charge < -0.3 is 43.4 Å². The fourth-order valence-electron chi connectivity index (χ4n) is 3.21. The number of aryl methyl sites for hydroxylation is 1. The van der Waals surface area contributed by atoms with Gasteiger partial charge in [-0.05, 0) is 69.2 Å². The second-order valence-corrected chi connectivity index (χ2v) is 7.99. The molecule has 0 saturated heterocycles. The lowest BCUT2D eigenvalue weighted by Crippen LogP contribution is -2.54. The smallest absolute Gasteiger partial charge is 0.326 e. The molecular formula is C22H36N6O6. The van der Waals surface area contributed by atoms with Crippen molar-refractivity contribution in [2.24, 2.45) is 17.2 Å². The summed E-state index contributed by atoms with van der Waals surface area (Å²) in [6.07, 6.45) is 2.63. The number of unbranched alkanes of at least 4 members (excludes halogenated alkanes) is 1. The van der Waals surface area contributed by atoms with Crippen LogP contribution in [0.25, 0.3) is 0 Å². The molecule has 11 N–H and O–H groups in total. The van der Waals surface area contributed by atoms with E-state index in [0.29, 0.717) is 32.2 Å². The zero-order valence-electron chi connectivity index (χ0n) is 19.2. The Balaban J connectivity index is 2.71. The molecule has 0 aliphatic heterocycles. The van der Waals surface area contributed by atoms with Crippen molar-refractivity contribution >= 4 is 23.8 Å². The average molecular weight is 481 g/mol. The maximum atomic E-state index is 12.8. The van der Waals surface area contributed by atoms with Gasteiger partial charge in [-0.15, -0.1) is 0 Å². The van der Waals surface area contributed by atoms with Crippen LogP contribution in [0.4, 0.5) is 4.79 Å². The summed E-state index contributed by atoms with van der Waals surface area (Å²) in [5.74, 6) is -2.27. The summed E-state index contributed by atoms with van der Waals surface area (Å²) in [5, 5.41) is 26.4. The van der Waals surface area contributed by atoms with E-state index in [9.17, 15) is 29.4 Å². The summed E-state index contributed by atoms with van der Waals surface area (Å²) in [6, 6.07) is 2.63. The molecule has 190 valence electrons. The first-order chi connectivity index (χ1) is 16.1. The predicted molar refractivity (Wildman–Crippen MR) is 126 cm³/mol. The van der Waals surface area contributed by atoms with Crippen molar-refractivity contribution in [3.8, 4) is 5.75 Å². The molecule has 0 fully saturated rings. The number of rotatable bonds is 16. The zero-order chi connectivity index (χ0) is 25.5. The Hall–Kier alpha value is -3.38. The number of amides is 4. The van der Waals surface area contributed by atoms with Crippen LogP contribution in [0.3, 0.4) is 0 Å². The van der Waals surface area contributed by atoms with Crippen molar-refractivity contribution in [3.05, 3.63) is 29.8 Å². The van der Waals surface area contributed by atoms with Gasteiger partial charge in [-0.1, -0.05) is 12.1 Å². The van der Waals surface area contributed by atoms with E-state index in [0.717, 1.165) is 5.56 Å². The highest BCUT2D eigenvalue weighted by atomic mass is 16.4. The molecular weight excluding hydrogens is 444 g/mol. The molecule has 0 bridgehead atoms. The standard InChI is InChI=1S/C22H36N6O6/c23-12-2-1-5-17(27-19(30)16(24)4-3-13-26-22(25)34)20(31)28-18(21(32)33)11-8-14-6-9-15(29)10-7-14/h6-7,9-10,16-18,29H,1-5,8,11-13,23-24H2,(H,27,30)(H,28,31)(H,32,33)(H3,25,26,34)/t16-,17-,18-/m0/s1. The Bertz CT molecular complexity index is 804. The largest absolute Gasteiger partial charge is 0.508 e. The first-order valence-electron chi connectivity index (χ1n) is 11.2. The van der Waals surface area contributed by atoms with Gasteiger partial charge in [-0.2, -0.15) is 0 Å². The number of hydrogen-bond donors (Lipinski definition) is 8. The van der Waals surface area contributed by atoms with Crippen LogP contribution < -0.4 is 33.2 Å². The lowest BCUT2D eigenvalue weighted by atomic mass is 10.0. The second-order valence-electron chi connectivity index (χ2n) is 7.99. The van der Waals surface area contributed by atoms with E-state index in [1.807, 2.05) is 0 Å². The molecule has 12 nitrogen and oxygen atoms in total. The van der Waals surface area contributed by atoms with E-state index < -0.39 is 41.9 Å². The van der Waals surface area contributed by atoms with Crippen molar-refractivity contribution in [3.63, 3.8) is 0 Å². The van der Waals surface area contributed by atoms with E-state index in [1.165, 1.54) is 12.1 Å². The molecule has 0 aliphatic rings. The van der Waals surface area contributed by atoms with Gasteiger partial charge in [-0.3, -0.25) is 9.59 Å². The lowest BCUT2D eigenvalue weighted by molar-refractivity contribution is -0.142. The minimum Gasteiger partial charge on any atom is -0.508 e. The number of nitrogens with two attached hydrogens (primary N) is 3. The zero-order valence-corrected chi connectivity index (χ0v) is 19.2. The highest BCUT2D eigenvalue weighted by Gasteiger charge is 2.27. The highest BCUT2D eigenvalue weighted by molar-refractivity contribution is 5.91. The number of carboxylic acids is 1. The van der Waals surface area contributed by atoms with Crippen LogP contribution in [0.5, 0.6) is 5.75 Å². The van der Waals surface area contributed by atoms with Crippen LogP contribution in [0.15, 0.2) is 24.3 Å². The van der Waals surface area contributed by atoms with E-state index in [4.69, 9.17) is 17.2 Å². The number of carbonyl (C=O) groups excluding carboxylic acids is 3. The van der Waals surface area contributed by atoms with Gasteiger partial charge in [0.1, 0.15) is 17.8 Å². The molecule has 12 heteroatoms. The third-order valence-electron chi connectivity index (χ3n) is 5.18. The van der Waals surface area contributed by atoms with Gasteiger partial charge in [0.2, 0.25) is 11.8 Å². The number of carbonyl (C=O) groups is 4. The molecule has 0 spiro atoms. The van der Waals surface area contributed by atoms with E-state index in [-0.39, 0.29) is 31.6 Å². The molecule has 0 aliphatic carbocycles. The molecule has 1 aromatic rings. The number of aromatic hydroxyl groups is 1. The van der Waals surface area contributed by atoms with E-state index in [1.54, 1.807) is 12.1 Å². The Labute approximate surface area is 198 Å². The second kappa shape index (κ2) is 15.5. The monoisotopic (exact) mass is 480 g/mol. The molecule has 4 amide bonds. The van der Waals surface area contributed by atoms with Crippen LogP contribution in [-0.2, 0) is 20.8 Å². The summed E-state index contributed by atoms with van der Waals surface area (Å²) in [4.78, 5) is 47.7. The van der Waals surface area contributed by atoms with Crippen molar-refractivity contribution in [1.82, 2.24) is 16.0 Å². The minimum atomic E-state index is -1.20. The molecule has 0 unspecified atom stereocenters. The Kier molecular flexibility index (Phi) is 13.0. The number of nitrogens with one attached hydrogen (secondary N) is 3. The van der Waals surface area contributed by atoms with Crippen molar-refractivity contribution in [1.29, 1.82) is 0 Å². The van der Waals surface area contributed by atoms with Crippen LogP contribution in [0.1, 0.15) is 44.1 Å². The predicted octanol–water partition coefficient (Wildman–Crippen LogP) is -0.716. The normalized spacial score (nSPS) is 13.4. The van der Waals surface area contributed by atoms with Crippen molar-refractivity contribution in [2.45, 2.75) is 63.1 Å². The maximum Gasteiger partial charge on any atom is 0.326 e. The molecule has 3 atom stereocenters. The summed E-state index contributed by atoms with van der Waals surface area (Å²) in [5.41, 5.74) is 17.2. The minimum absolute atomic E-state index is 0.102. The Morgan fingerprint density at radius 3 is 2.12 bits per heavy atom. The quantitative estimate of drug-likeness (QED) is 0.141. The summed E-state index contributed by atoms with van der Waals surface area (Å²) in [7, 11) is 0. The van der Waals surface area contributed by atoms with Gasteiger partial charge in [0.15, 0.2) is 0 Å². The van der Waals surface area contributed by atoms with Crippen molar-refractivity contribution < 1.29 is 29.4 Å². The number of primary amides is 1. The van der Waals surface area contributed by atoms with Crippen LogP contribution in [-0.4, -0.2) is 65.2 Å². The number of benzene rings is 1. The SMILES string of the molecule is NCCCC[C@H](NC(=O)[C@@H](N)CCCNC(N)=O)C(=O)N[C@@H](CCc1ccc(O)cc1)C(=O)O. The molecule has 1 rings (SSSR count). The topological polar surface area (TPSA) is 223 Å². The van der Waals surface area contributed by atoms with Gasteiger partial charge in [0, 0.05) is 6.54 Å². The maximum absolute atomic E-state index is 12.8. The van der Waals surface area contributed by atoms with Gasteiger partial charge >= 0.3 is 12.0 Å². The molecule has 0 radical (unpaired) electrons. The van der Waals surface area contributed by atoms with Crippen LogP contribution in [0.2, 0.25) is 0 Å². The summed E-state index contributed by atoms with van der Waals surface area (Å²) >= 11 is 0. The highest BCUT2D eigenvalue weighted by Crippen LogP contribution is 2.12. The Morgan fingerprint density at radius 2 is 1.53 bits per heavy atom. The van der Waals surface area contributed by atoms with E-state index in [2.05, 4.69) is 16.0 Å². The summed E-state index contributed by atoms with van der Waals surface area (Å²) < 4.78 is 0. The number of aliphatic carboxylic acids is 1. The molecule has 0 saturated carbocycles. The first-order valence-corrected chi connectivity index (χ1v) is 11.2. The number of urea groups is 1. The number of hydrogen-bond acceptors (Lipinski definition) is 7. The van der Waals surface area contributed by atoms with Gasteiger partial charge in [0.05, 0.1) is 6.04 Å². The fraction of sp³-hybridized carbons (Fsp3) is 0.545. The van der Waals surface area contributed by atoms with Gasteiger partial charge in [0.25, 0.3) is 0 Å². The number of phenolic OH excluding ortho intramolecular Hbond substituents is 1. The first kappa shape index (κ1) is 28.7. The third-order valence-corrected chi connectivity index (χ3v) is 5.18. The van der Waals surface area contributed by atoms with E-state index >= 15 is 0 Å². The number of phenols is 1.